The summed E-state index contributed by atoms with van der Waals surface area (Å²) >= 11 is 0. The zero-order chi connectivity index (χ0) is 45.1. The molecule has 0 aliphatic heterocycles. The molecule has 0 heterocycles. The van der Waals surface area contributed by atoms with E-state index in [4.69, 9.17) is 0 Å². The number of carbonyl (C=O) groups is 1. The molecular weight excluding hydrogens is 763 g/mol. The van der Waals surface area contributed by atoms with Gasteiger partial charge in [-0.25, -0.2) is 0 Å². The predicted molar refractivity (Wildman–Crippen MR) is 273 cm³/mol. The van der Waals surface area contributed by atoms with Crippen LogP contribution in [0.5, 0.6) is 0 Å². The van der Waals surface area contributed by atoms with Crippen LogP contribution in [-0.4, -0.2) is 46.1 Å². The van der Waals surface area contributed by atoms with Gasteiger partial charge in [0.1, 0.15) is 6.10 Å². The minimum Gasteiger partial charge on any atom is -0.394 e. The monoisotopic (exact) mass is 868 g/mol. The quantitative estimate of drug-likeness (QED) is 0.0362. The van der Waals surface area contributed by atoms with Crippen LogP contribution in [0, 0.1) is 0 Å². The van der Waals surface area contributed by atoms with E-state index >= 15 is 0 Å². The van der Waals surface area contributed by atoms with Crippen LogP contribution in [0.2, 0.25) is 0 Å². The Kier molecular flexibility index (Phi) is 50.1. The van der Waals surface area contributed by atoms with Crippen LogP contribution in [0.3, 0.4) is 0 Å². The lowest BCUT2D eigenvalue weighted by atomic mass is 10.0. The van der Waals surface area contributed by atoms with Gasteiger partial charge < -0.3 is 20.6 Å². The summed E-state index contributed by atoms with van der Waals surface area (Å²) in [5, 5.41) is 33.2. The third-order valence-electron chi connectivity index (χ3n) is 12.3. The summed E-state index contributed by atoms with van der Waals surface area (Å²) in [4.78, 5) is 12.5. The molecule has 4 N–H and O–H groups in total. The summed E-state index contributed by atoms with van der Waals surface area (Å²) in [5.41, 5.74) is 0. The third-order valence-corrected chi connectivity index (χ3v) is 12.3. The fourth-order valence-electron chi connectivity index (χ4n) is 8.07. The van der Waals surface area contributed by atoms with Gasteiger partial charge >= 0.3 is 0 Å². The Morgan fingerprint density at radius 3 is 1.08 bits per heavy atom. The maximum atomic E-state index is 12.5. The van der Waals surface area contributed by atoms with Gasteiger partial charge in [0, 0.05) is 0 Å². The summed E-state index contributed by atoms with van der Waals surface area (Å²) in [6.45, 7) is 4.17. The first-order valence-electron chi connectivity index (χ1n) is 27.1. The van der Waals surface area contributed by atoms with Gasteiger partial charge in [0.15, 0.2) is 0 Å². The highest BCUT2D eigenvalue weighted by Gasteiger charge is 2.22. The molecule has 0 aliphatic rings. The number of amides is 1. The zero-order valence-electron chi connectivity index (χ0n) is 41.2. The lowest BCUT2D eigenvalue weighted by Crippen LogP contribution is -2.48. The largest absolute Gasteiger partial charge is 0.394 e. The first-order valence-corrected chi connectivity index (χ1v) is 27.1. The van der Waals surface area contributed by atoms with Crippen LogP contribution < -0.4 is 5.32 Å². The molecule has 62 heavy (non-hydrogen) atoms. The second-order valence-corrected chi connectivity index (χ2v) is 18.4. The van der Waals surface area contributed by atoms with E-state index in [-0.39, 0.29) is 6.61 Å². The van der Waals surface area contributed by atoms with E-state index in [1.807, 2.05) is 6.08 Å². The number of unbranched alkanes of at least 4 members (excludes halogenated alkanes) is 33. The summed E-state index contributed by atoms with van der Waals surface area (Å²) in [6.07, 6.45) is 70.1. The van der Waals surface area contributed by atoms with E-state index in [9.17, 15) is 20.1 Å². The second-order valence-electron chi connectivity index (χ2n) is 18.4. The number of nitrogens with one attached hydrogen (secondary N) is 1. The summed E-state index contributed by atoms with van der Waals surface area (Å²) in [6, 6.07) is -0.822. The Morgan fingerprint density at radius 1 is 0.403 bits per heavy atom. The Balaban J connectivity index is 3.59. The number of hydrogen-bond donors (Lipinski definition) is 4. The Labute approximate surface area is 386 Å². The van der Waals surface area contributed by atoms with Crippen molar-refractivity contribution in [2.75, 3.05) is 6.61 Å². The van der Waals surface area contributed by atoms with Gasteiger partial charge in [-0.15, -0.1) is 0 Å². The standard InChI is InChI=1S/C57H105NO4/c1-3-5-7-9-11-13-15-17-19-21-22-23-24-25-26-27-28-29-30-31-32-33-34-35-36-38-40-42-44-46-48-50-52-56(61)57(62)58-54(53-59)55(60)51-49-47-45-43-41-39-37-20-18-16-14-12-10-8-6-4-2/h18,20,22-23,25-26,41,43,49,51,54-56,59-61H,3-17,19,21,24,27-40,42,44-48,50,52-53H2,1-2H3,(H,58,62)/b20-18+,23-22-,26-25-,43-41+,51-49+. The third kappa shape index (κ3) is 46.1. The molecule has 0 aromatic rings. The van der Waals surface area contributed by atoms with Gasteiger partial charge in [-0.3, -0.25) is 4.79 Å². The fourth-order valence-corrected chi connectivity index (χ4v) is 8.07. The maximum absolute atomic E-state index is 12.5. The normalized spacial score (nSPS) is 13.8. The second kappa shape index (κ2) is 51.7. The van der Waals surface area contributed by atoms with Gasteiger partial charge in [0.25, 0.3) is 0 Å². The molecule has 0 aliphatic carbocycles. The molecule has 1 amide bonds. The fraction of sp³-hybridized carbons (Fsp3) is 0.807. The van der Waals surface area contributed by atoms with Crippen LogP contribution >= 0.6 is 0 Å². The molecule has 0 bridgehead atoms. The van der Waals surface area contributed by atoms with Crippen molar-refractivity contribution < 1.29 is 20.1 Å². The average molecular weight is 868 g/mol. The van der Waals surface area contributed by atoms with Crippen molar-refractivity contribution in [1.29, 1.82) is 0 Å². The zero-order valence-corrected chi connectivity index (χ0v) is 41.2. The average Bonchev–Trinajstić information content (AvgIpc) is 3.28. The van der Waals surface area contributed by atoms with Gasteiger partial charge in [0.2, 0.25) is 5.91 Å². The summed E-state index contributed by atoms with van der Waals surface area (Å²) < 4.78 is 0. The topological polar surface area (TPSA) is 89.8 Å². The van der Waals surface area contributed by atoms with Gasteiger partial charge in [-0.05, 0) is 77.0 Å². The molecule has 5 nitrogen and oxygen atoms in total. The van der Waals surface area contributed by atoms with E-state index in [0.717, 1.165) is 51.4 Å². The molecule has 0 aromatic heterocycles. The van der Waals surface area contributed by atoms with Gasteiger partial charge in [-0.1, -0.05) is 254 Å². The van der Waals surface area contributed by atoms with Crippen LogP contribution in [-0.2, 0) is 4.79 Å². The number of aliphatic hydroxyl groups excluding tert-OH is 3. The van der Waals surface area contributed by atoms with Crippen molar-refractivity contribution in [2.24, 2.45) is 0 Å². The Hall–Kier alpha value is -1.95. The number of aliphatic hydroxyl groups is 3. The molecular formula is C57H105NO4. The smallest absolute Gasteiger partial charge is 0.249 e. The van der Waals surface area contributed by atoms with E-state index in [1.54, 1.807) is 6.08 Å². The molecule has 5 heteroatoms. The highest BCUT2D eigenvalue weighted by molar-refractivity contribution is 5.80. The van der Waals surface area contributed by atoms with Crippen molar-refractivity contribution in [3.8, 4) is 0 Å². The minimum atomic E-state index is -1.11. The molecule has 0 fully saturated rings. The molecule has 0 saturated carbocycles. The molecule has 0 aromatic carbocycles. The number of rotatable bonds is 49. The number of allylic oxidation sites excluding steroid dienone is 9. The molecule has 362 valence electrons. The minimum absolute atomic E-state index is 0.382. The van der Waals surface area contributed by atoms with Crippen molar-refractivity contribution in [3.63, 3.8) is 0 Å². The lowest BCUT2D eigenvalue weighted by molar-refractivity contribution is -0.131. The Bertz CT molecular complexity index is 1050. The molecule has 3 atom stereocenters. The van der Waals surface area contributed by atoms with Crippen LogP contribution in [0.4, 0.5) is 0 Å². The molecule has 0 saturated heterocycles. The number of hydrogen-bond acceptors (Lipinski definition) is 4. The number of carbonyl (C=O) groups excluding carboxylic acids is 1. The molecule has 0 radical (unpaired) electrons. The molecule has 0 spiro atoms. The molecule has 3 unspecified atom stereocenters. The van der Waals surface area contributed by atoms with E-state index in [2.05, 4.69) is 67.8 Å². The van der Waals surface area contributed by atoms with Crippen molar-refractivity contribution in [1.82, 2.24) is 5.32 Å². The van der Waals surface area contributed by atoms with Gasteiger partial charge in [-0.2, -0.15) is 0 Å². The highest BCUT2D eigenvalue weighted by Crippen LogP contribution is 2.16. The van der Waals surface area contributed by atoms with Crippen molar-refractivity contribution in [2.45, 2.75) is 289 Å². The van der Waals surface area contributed by atoms with Gasteiger partial charge in [0.05, 0.1) is 18.8 Å². The van der Waals surface area contributed by atoms with Crippen LogP contribution in [0.1, 0.15) is 271 Å². The van der Waals surface area contributed by atoms with E-state index < -0.39 is 24.2 Å². The van der Waals surface area contributed by atoms with Crippen LogP contribution in [0.15, 0.2) is 60.8 Å². The lowest BCUT2D eigenvalue weighted by Gasteiger charge is -2.21. The summed E-state index contributed by atoms with van der Waals surface area (Å²) in [7, 11) is 0. The first-order chi connectivity index (χ1) is 30.6. The SMILES string of the molecule is CCCCCCCC/C=C/CC/C=C/CC/C=C/C(O)C(CO)NC(=O)C(O)CCCCCCCCCCCCCCCCCC/C=C\C/C=C\CCCCCCCCCCC. The highest BCUT2D eigenvalue weighted by atomic mass is 16.3. The summed E-state index contributed by atoms with van der Waals surface area (Å²) in [5.74, 6) is -0.517. The first kappa shape index (κ1) is 60.1. The van der Waals surface area contributed by atoms with Crippen LogP contribution in [0.25, 0.3) is 0 Å². The van der Waals surface area contributed by atoms with Crippen molar-refractivity contribution >= 4 is 5.91 Å². The maximum Gasteiger partial charge on any atom is 0.249 e. The Morgan fingerprint density at radius 2 is 0.710 bits per heavy atom. The molecule has 0 rings (SSSR count). The predicted octanol–water partition coefficient (Wildman–Crippen LogP) is 16.6. The van der Waals surface area contributed by atoms with E-state index in [1.165, 1.54) is 199 Å². The van der Waals surface area contributed by atoms with E-state index in [0.29, 0.717) is 6.42 Å². The van der Waals surface area contributed by atoms with Crippen molar-refractivity contribution in [3.05, 3.63) is 60.8 Å².